The van der Waals surface area contributed by atoms with Crippen LogP contribution in [0.15, 0.2) is 34.8 Å². The van der Waals surface area contributed by atoms with Crippen molar-refractivity contribution in [2.45, 2.75) is 31.7 Å². The van der Waals surface area contributed by atoms with E-state index in [1.54, 1.807) is 6.07 Å². The van der Waals surface area contributed by atoms with Crippen LogP contribution in [0.4, 0.5) is 4.39 Å². The summed E-state index contributed by atoms with van der Waals surface area (Å²) in [5.74, 6) is -0.131. The molecular weight excluding hydrogens is 281 g/mol. The van der Waals surface area contributed by atoms with E-state index in [2.05, 4.69) is 27.3 Å². The first-order chi connectivity index (χ1) is 8.25. The number of rotatable bonds is 6. The average molecular weight is 298 g/mol. The van der Waals surface area contributed by atoms with E-state index in [4.69, 9.17) is 0 Å². The minimum Gasteiger partial charge on any atom is -0.314 e. The molecule has 1 aromatic carbocycles. The summed E-state index contributed by atoms with van der Waals surface area (Å²) in [6, 6.07) is 5.83. The predicted octanol–water partition coefficient (Wildman–Crippen LogP) is 3.83. The molecule has 1 aliphatic carbocycles. The molecule has 0 amide bonds. The lowest BCUT2D eigenvalue weighted by Crippen LogP contribution is -2.16. The summed E-state index contributed by atoms with van der Waals surface area (Å²) in [6.45, 7) is 1.03. The molecule has 1 fully saturated rings. The van der Waals surface area contributed by atoms with Crippen molar-refractivity contribution < 1.29 is 4.39 Å². The van der Waals surface area contributed by atoms with E-state index < -0.39 is 0 Å². The molecule has 92 valence electrons. The van der Waals surface area contributed by atoms with Crippen molar-refractivity contribution in [2.75, 3.05) is 6.54 Å². The SMILES string of the molecule is Fc1ccc(Br)cc1CC=CCCNC1CC1. The fraction of sp³-hybridized carbons (Fsp3) is 0.429. The highest BCUT2D eigenvalue weighted by Crippen LogP contribution is 2.18. The average Bonchev–Trinajstić information content (AvgIpc) is 3.11. The lowest BCUT2D eigenvalue weighted by Gasteiger charge is -2.00. The van der Waals surface area contributed by atoms with Crippen LogP contribution >= 0.6 is 15.9 Å². The van der Waals surface area contributed by atoms with E-state index in [1.165, 1.54) is 18.9 Å². The Morgan fingerprint density at radius 2 is 2.18 bits per heavy atom. The molecule has 0 bridgehead atoms. The minimum atomic E-state index is -0.131. The van der Waals surface area contributed by atoms with Crippen LogP contribution in [-0.4, -0.2) is 12.6 Å². The van der Waals surface area contributed by atoms with E-state index in [0.717, 1.165) is 29.0 Å². The van der Waals surface area contributed by atoms with Gasteiger partial charge in [0, 0.05) is 10.5 Å². The third-order valence-corrected chi connectivity index (χ3v) is 3.33. The Labute approximate surface area is 110 Å². The van der Waals surface area contributed by atoms with Crippen LogP contribution in [0, 0.1) is 5.82 Å². The molecule has 0 radical (unpaired) electrons. The quantitative estimate of drug-likeness (QED) is 0.622. The fourth-order valence-corrected chi connectivity index (χ4v) is 2.09. The van der Waals surface area contributed by atoms with Gasteiger partial charge in [0.15, 0.2) is 0 Å². The maximum absolute atomic E-state index is 13.4. The summed E-state index contributed by atoms with van der Waals surface area (Å²) in [4.78, 5) is 0. The van der Waals surface area contributed by atoms with Gasteiger partial charge in [0.05, 0.1) is 0 Å². The van der Waals surface area contributed by atoms with Gasteiger partial charge in [-0.05, 0) is 56.0 Å². The molecule has 17 heavy (non-hydrogen) atoms. The number of halogens is 2. The van der Waals surface area contributed by atoms with Crippen LogP contribution < -0.4 is 5.32 Å². The van der Waals surface area contributed by atoms with Crippen LogP contribution in [0.25, 0.3) is 0 Å². The fourth-order valence-electron chi connectivity index (χ4n) is 1.69. The second-order valence-electron chi connectivity index (χ2n) is 4.43. The zero-order chi connectivity index (χ0) is 12.1. The highest BCUT2D eigenvalue weighted by molar-refractivity contribution is 9.10. The molecule has 0 heterocycles. The van der Waals surface area contributed by atoms with Gasteiger partial charge in [0.2, 0.25) is 0 Å². The molecular formula is C14H17BrFN. The Kier molecular flexibility index (Phi) is 4.75. The number of hydrogen-bond donors (Lipinski definition) is 1. The Bertz CT molecular complexity index is 399. The van der Waals surface area contributed by atoms with Crippen molar-refractivity contribution in [3.05, 3.63) is 46.2 Å². The summed E-state index contributed by atoms with van der Waals surface area (Å²) in [5.41, 5.74) is 0.741. The van der Waals surface area contributed by atoms with Gasteiger partial charge in [-0.1, -0.05) is 28.1 Å². The third kappa shape index (κ3) is 4.60. The molecule has 0 unspecified atom stereocenters. The molecule has 0 spiro atoms. The molecule has 0 aromatic heterocycles. The van der Waals surface area contributed by atoms with E-state index in [-0.39, 0.29) is 5.82 Å². The Hall–Kier alpha value is -0.670. The highest BCUT2D eigenvalue weighted by atomic mass is 79.9. The zero-order valence-corrected chi connectivity index (χ0v) is 11.3. The van der Waals surface area contributed by atoms with E-state index in [9.17, 15) is 4.39 Å². The Morgan fingerprint density at radius 1 is 1.35 bits per heavy atom. The van der Waals surface area contributed by atoms with Crippen LogP contribution in [0.5, 0.6) is 0 Å². The van der Waals surface area contributed by atoms with Crippen molar-refractivity contribution in [2.24, 2.45) is 0 Å². The molecule has 1 saturated carbocycles. The normalized spacial score (nSPS) is 15.6. The molecule has 0 atom stereocenters. The number of allylic oxidation sites excluding steroid dienone is 1. The molecule has 1 aliphatic rings. The van der Waals surface area contributed by atoms with Crippen LogP contribution in [0.1, 0.15) is 24.8 Å². The monoisotopic (exact) mass is 297 g/mol. The van der Waals surface area contributed by atoms with Crippen LogP contribution in [0.2, 0.25) is 0 Å². The molecule has 0 aliphatic heterocycles. The van der Waals surface area contributed by atoms with Crippen molar-refractivity contribution in [3.8, 4) is 0 Å². The largest absolute Gasteiger partial charge is 0.314 e. The van der Waals surface area contributed by atoms with Crippen molar-refractivity contribution in [1.82, 2.24) is 5.32 Å². The van der Waals surface area contributed by atoms with Crippen molar-refractivity contribution in [3.63, 3.8) is 0 Å². The van der Waals surface area contributed by atoms with Gasteiger partial charge in [-0.15, -0.1) is 0 Å². The highest BCUT2D eigenvalue weighted by Gasteiger charge is 2.19. The van der Waals surface area contributed by atoms with Gasteiger partial charge in [-0.2, -0.15) is 0 Å². The first-order valence-electron chi connectivity index (χ1n) is 6.08. The van der Waals surface area contributed by atoms with Gasteiger partial charge >= 0.3 is 0 Å². The lowest BCUT2D eigenvalue weighted by atomic mass is 10.1. The summed E-state index contributed by atoms with van der Waals surface area (Å²) >= 11 is 3.35. The number of hydrogen-bond acceptors (Lipinski definition) is 1. The van der Waals surface area contributed by atoms with E-state index in [0.29, 0.717) is 6.42 Å². The molecule has 0 saturated heterocycles. The van der Waals surface area contributed by atoms with Crippen molar-refractivity contribution in [1.29, 1.82) is 0 Å². The second-order valence-corrected chi connectivity index (χ2v) is 5.34. The maximum Gasteiger partial charge on any atom is 0.126 e. The molecule has 1 nitrogen and oxygen atoms in total. The summed E-state index contributed by atoms with van der Waals surface area (Å²) in [6.07, 6.45) is 8.50. The first kappa shape index (κ1) is 12.8. The van der Waals surface area contributed by atoms with E-state index >= 15 is 0 Å². The first-order valence-corrected chi connectivity index (χ1v) is 6.87. The van der Waals surface area contributed by atoms with Gasteiger partial charge < -0.3 is 5.32 Å². The minimum absolute atomic E-state index is 0.131. The standard InChI is InChI=1S/C14H17BrFN/c15-12-5-8-14(16)11(10-12)4-2-1-3-9-17-13-6-7-13/h1-2,5,8,10,13,17H,3-4,6-7,9H2. The predicted molar refractivity (Wildman–Crippen MR) is 72.6 cm³/mol. The maximum atomic E-state index is 13.4. The second kappa shape index (κ2) is 6.31. The van der Waals surface area contributed by atoms with Crippen molar-refractivity contribution >= 4 is 15.9 Å². The summed E-state index contributed by atoms with van der Waals surface area (Å²) < 4.78 is 14.3. The van der Waals surface area contributed by atoms with Gasteiger partial charge in [-0.3, -0.25) is 0 Å². The van der Waals surface area contributed by atoms with Crippen LogP contribution in [-0.2, 0) is 6.42 Å². The molecule has 2 rings (SSSR count). The number of nitrogens with one attached hydrogen (secondary N) is 1. The summed E-state index contributed by atoms with van der Waals surface area (Å²) in [5, 5.41) is 3.44. The molecule has 1 N–H and O–H groups in total. The molecule has 3 heteroatoms. The Morgan fingerprint density at radius 3 is 2.94 bits per heavy atom. The topological polar surface area (TPSA) is 12.0 Å². The van der Waals surface area contributed by atoms with E-state index in [1.807, 2.05) is 12.1 Å². The van der Waals surface area contributed by atoms with Crippen LogP contribution in [0.3, 0.4) is 0 Å². The lowest BCUT2D eigenvalue weighted by molar-refractivity contribution is 0.614. The third-order valence-electron chi connectivity index (χ3n) is 2.83. The summed E-state index contributed by atoms with van der Waals surface area (Å²) in [7, 11) is 0. The van der Waals surface area contributed by atoms with Gasteiger partial charge in [0.25, 0.3) is 0 Å². The molecule has 1 aromatic rings. The smallest absolute Gasteiger partial charge is 0.126 e. The van der Waals surface area contributed by atoms with Gasteiger partial charge in [-0.25, -0.2) is 4.39 Å². The van der Waals surface area contributed by atoms with Gasteiger partial charge in [0.1, 0.15) is 5.82 Å². The Balaban J connectivity index is 1.72. The number of benzene rings is 1. The zero-order valence-electron chi connectivity index (χ0n) is 9.76.